The number of nitrogens with one attached hydrogen (secondary N) is 1. The quantitative estimate of drug-likeness (QED) is 0.928. The van der Waals surface area contributed by atoms with Gasteiger partial charge in [-0.15, -0.1) is 0 Å². The lowest BCUT2D eigenvalue weighted by Crippen LogP contribution is -2.43. The Morgan fingerprint density at radius 3 is 2.62 bits per heavy atom. The normalized spacial score (nSPS) is 28.6. The summed E-state index contributed by atoms with van der Waals surface area (Å²) in [5, 5.41) is 3.03. The van der Waals surface area contributed by atoms with Crippen molar-refractivity contribution in [2.45, 2.75) is 44.7 Å². The number of hydrogen-bond donors (Lipinski definition) is 1. The molecule has 2 aliphatic heterocycles. The van der Waals surface area contributed by atoms with Crippen molar-refractivity contribution in [1.82, 2.24) is 10.2 Å². The SMILES string of the molecule is Cc1cc(F)ccc1C(=O)NCC1CC2CCC(C1)N2C. The topological polar surface area (TPSA) is 32.3 Å². The number of aryl methyl sites for hydroxylation is 1. The summed E-state index contributed by atoms with van der Waals surface area (Å²) in [6.07, 6.45) is 4.94. The molecule has 0 saturated carbocycles. The van der Waals surface area contributed by atoms with Gasteiger partial charge < -0.3 is 10.2 Å². The fraction of sp³-hybridized carbons (Fsp3) is 0.588. The van der Waals surface area contributed by atoms with Crippen LogP contribution in [0.2, 0.25) is 0 Å². The summed E-state index contributed by atoms with van der Waals surface area (Å²) in [6, 6.07) is 5.71. The number of rotatable bonds is 3. The minimum absolute atomic E-state index is 0.0845. The van der Waals surface area contributed by atoms with Crippen LogP contribution in [-0.4, -0.2) is 36.5 Å². The van der Waals surface area contributed by atoms with Gasteiger partial charge in [-0.3, -0.25) is 4.79 Å². The highest BCUT2D eigenvalue weighted by molar-refractivity contribution is 5.95. The van der Waals surface area contributed by atoms with Crippen molar-refractivity contribution in [2.24, 2.45) is 5.92 Å². The summed E-state index contributed by atoms with van der Waals surface area (Å²) in [4.78, 5) is 14.7. The largest absolute Gasteiger partial charge is 0.352 e. The van der Waals surface area contributed by atoms with E-state index in [9.17, 15) is 9.18 Å². The van der Waals surface area contributed by atoms with Gasteiger partial charge in [0.1, 0.15) is 5.82 Å². The molecule has 2 bridgehead atoms. The number of benzene rings is 1. The van der Waals surface area contributed by atoms with Crippen LogP contribution in [0.4, 0.5) is 4.39 Å². The van der Waals surface area contributed by atoms with Crippen molar-refractivity contribution in [3.05, 3.63) is 35.1 Å². The Morgan fingerprint density at radius 1 is 1.33 bits per heavy atom. The van der Waals surface area contributed by atoms with Crippen LogP contribution in [0.15, 0.2) is 18.2 Å². The minimum Gasteiger partial charge on any atom is -0.352 e. The van der Waals surface area contributed by atoms with Crippen molar-refractivity contribution < 1.29 is 9.18 Å². The molecule has 1 amide bonds. The smallest absolute Gasteiger partial charge is 0.251 e. The monoisotopic (exact) mass is 290 g/mol. The highest BCUT2D eigenvalue weighted by Crippen LogP contribution is 2.37. The molecule has 2 unspecified atom stereocenters. The van der Waals surface area contributed by atoms with Crippen molar-refractivity contribution in [3.63, 3.8) is 0 Å². The van der Waals surface area contributed by atoms with E-state index in [4.69, 9.17) is 0 Å². The third-order valence-electron chi connectivity index (χ3n) is 5.18. The Bertz CT molecular complexity index is 532. The summed E-state index contributed by atoms with van der Waals surface area (Å²) in [5.41, 5.74) is 1.27. The average Bonchev–Trinajstić information content (AvgIpc) is 2.67. The van der Waals surface area contributed by atoms with Gasteiger partial charge in [0.05, 0.1) is 0 Å². The molecule has 0 aliphatic carbocycles. The first-order valence-electron chi connectivity index (χ1n) is 7.81. The first-order valence-corrected chi connectivity index (χ1v) is 7.81. The van der Waals surface area contributed by atoms with Gasteiger partial charge in [-0.25, -0.2) is 4.39 Å². The zero-order valence-corrected chi connectivity index (χ0v) is 12.7. The van der Waals surface area contributed by atoms with Crippen LogP contribution in [0.5, 0.6) is 0 Å². The Labute approximate surface area is 125 Å². The Hall–Kier alpha value is -1.42. The number of halogens is 1. The second kappa shape index (κ2) is 5.76. The van der Waals surface area contributed by atoms with Gasteiger partial charge in [0.25, 0.3) is 5.91 Å². The number of piperidine rings is 1. The van der Waals surface area contributed by atoms with Crippen molar-refractivity contribution in [2.75, 3.05) is 13.6 Å². The van der Waals surface area contributed by atoms with E-state index in [2.05, 4.69) is 17.3 Å². The summed E-state index contributed by atoms with van der Waals surface area (Å²) < 4.78 is 13.1. The van der Waals surface area contributed by atoms with Gasteiger partial charge in [0.2, 0.25) is 0 Å². The lowest BCUT2D eigenvalue weighted by molar-refractivity contribution is 0.0917. The van der Waals surface area contributed by atoms with Gasteiger partial charge in [-0.05, 0) is 69.3 Å². The molecule has 2 heterocycles. The molecular weight excluding hydrogens is 267 g/mol. The molecule has 2 aliphatic rings. The molecular formula is C17H23FN2O. The van der Waals surface area contributed by atoms with Crippen LogP contribution >= 0.6 is 0 Å². The number of nitrogens with zero attached hydrogens (tertiary/aromatic N) is 1. The number of carbonyl (C=O) groups is 1. The zero-order valence-electron chi connectivity index (χ0n) is 12.7. The third-order valence-corrected chi connectivity index (χ3v) is 5.18. The van der Waals surface area contributed by atoms with E-state index in [-0.39, 0.29) is 11.7 Å². The minimum atomic E-state index is -0.295. The molecule has 2 fully saturated rings. The molecule has 114 valence electrons. The predicted octanol–water partition coefficient (Wildman–Crippen LogP) is 2.74. The van der Waals surface area contributed by atoms with E-state index in [1.807, 2.05) is 0 Å². The maximum Gasteiger partial charge on any atom is 0.251 e. The fourth-order valence-electron chi connectivity index (χ4n) is 3.90. The van der Waals surface area contributed by atoms with Crippen LogP contribution < -0.4 is 5.32 Å². The summed E-state index contributed by atoms with van der Waals surface area (Å²) in [6.45, 7) is 2.50. The van der Waals surface area contributed by atoms with E-state index in [0.717, 1.165) is 6.54 Å². The third kappa shape index (κ3) is 2.95. The van der Waals surface area contributed by atoms with Crippen molar-refractivity contribution in [1.29, 1.82) is 0 Å². The maximum atomic E-state index is 13.1. The number of fused-ring (bicyclic) bond motifs is 2. The van der Waals surface area contributed by atoms with Crippen LogP contribution in [0.1, 0.15) is 41.6 Å². The number of amides is 1. The van der Waals surface area contributed by atoms with Crippen LogP contribution in [0.3, 0.4) is 0 Å². The average molecular weight is 290 g/mol. The molecule has 0 radical (unpaired) electrons. The molecule has 1 N–H and O–H groups in total. The number of carbonyl (C=O) groups excluding carboxylic acids is 1. The fourth-order valence-corrected chi connectivity index (χ4v) is 3.90. The molecule has 2 saturated heterocycles. The van der Waals surface area contributed by atoms with Crippen LogP contribution in [-0.2, 0) is 0 Å². The Kier molecular flexibility index (Phi) is 3.98. The van der Waals surface area contributed by atoms with E-state index in [1.54, 1.807) is 13.0 Å². The predicted molar refractivity (Wildman–Crippen MR) is 80.8 cm³/mol. The summed E-state index contributed by atoms with van der Waals surface area (Å²) in [7, 11) is 2.22. The molecule has 3 nitrogen and oxygen atoms in total. The lowest BCUT2D eigenvalue weighted by atomic mass is 9.91. The van der Waals surface area contributed by atoms with Gasteiger partial charge in [-0.2, -0.15) is 0 Å². The molecule has 0 spiro atoms. The first kappa shape index (κ1) is 14.5. The second-order valence-electron chi connectivity index (χ2n) is 6.56. The maximum absolute atomic E-state index is 13.1. The number of hydrogen-bond acceptors (Lipinski definition) is 2. The Balaban J connectivity index is 1.57. The molecule has 1 aromatic carbocycles. The first-order chi connectivity index (χ1) is 10.0. The highest BCUT2D eigenvalue weighted by Gasteiger charge is 2.38. The van der Waals surface area contributed by atoms with Gasteiger partial charge in [-0.1, -0.05) is 0 Å². The summed E-state index contributed by atoms with van der Waals surface area (Å²) >= 11 is 0. The van der Waals surface area contributed by atoms with E-state index in [1.165, 1.54) is 37.8 Å². The lowest BCUT2D eigenvalue weighted by Gasteiger charge is -2.36. The zero-order chi connectivity index (χ0) is 15.0. The Morgan fingerprint density at radius 2 is 2.00 bits per heavy atom. The van der Waals surface area contributed by atoms with E-state index in [0.29, 0.717) is 29.1 Å². The molecule has 3 rings (SSSR count). The summed E-state index contributed by atoms with van der Waals surface area (Å²) in [5.74, 6) is 0.193. The highest BCUT2D eigenvalue weighted by atomic mass is 19.1. The molecule has 2 atom stereocenters. The van der Waals surface area contributed by atoms with Gasteiger partial charge in [0, 0.05) is 24.2 Å². The van der Waals surface area contributed by atoms with Crippen molar-refractivity contribution in [3.8, 4) is 0 Å². The van der Waals surface area contributed by atoms with Crippen LogP contribution in [0, 0.1) is 18.7 Å². The van der Waals surface area contributed by atoms with Gasteiger partial charge >= 0.3 is 0 Å². The molecule has 21 heavy (non-hydrogen) atoms. The standard InChI is InChI=1S/C17H23FN2O/c1-11-7-13(18)3-6-16(11)17(21)19-10-12-8-14-4-5-15(9-12)20(14)2/h3,6-7,12,14-15H,4-5,8-10H2,1-2H3,(H,19,21). The second-order valence-corrected chi connectivity index (χ2v) is 6.56. The van der Waals surface area contributed by atoms with E-state index >= 15 is 0 Å². The van der Waals surface area contributed by atoms with Crippen LogP contribution in [0.25, 0.3) is 0 Å². The van der Waals surface area contributed by atoms with Crippen molar-refractivity contribution >= 4 is 5.91 Å². The van der Waals surface area contributed by atoms with E-state index < -0.39 is 0 Å². The molecule has 1 aromatic rings. The molecule has 0 aromatic heterocycles. The van der Waals surface area contributed by atoms with Gasteiger partial charge in [0.15, 0.2) is 0 Å². The molecule has 4 heteroatoms.